The average molecular weight is 271 g/mol. The molecule has 2 aromatic carbocycles. The van der Waals surface area contributed by atoms with E-state index >= 15 is 0 Å². The summed E-state index contributed by atoms with van der Waals surface area (Å²) in [6.45, 7) is 2.88. The Hall–Kier alpha value is -1.98. The van der Waals surface area contributed by atoms with Gasteiger partial charge < -0.3 is 5.32 Å². The predicted octanol–water partition coefficient (Wildman–Crippen LogP) is 4.17. The van der Waals surface area contributed by atoms with E-state index in [0.29, 0.717) is 10.6 Å². The van der Waals surface area contributed by atoms with Gasteiger partial charge in [-0.2, -0.15) is 5.26 Å². The molecule has 3 heteroatoms. The number of aryl methyl sites for hydroxylation is 1. The van der Waals surface area contributed by atoms with Crippen molar-refractivity contribution in [3.63, 3.8) is 0 Å². The van der Waals surface area contributed by atoms with E-state index in [2.05, 4.69) is 30.4 Å². The summed E-state index contributed by atoms with van der Waals surface area (Å²) in [6, 6.07) is 15.9. The number of hydrogen-bond acceptors (Lipinski definition) is 2. The van der Waals surface area contributed by atoms with Gasteiger partial charge >= 0.3 is 0 Å². The number of nitriles is 1. The highest BCUT2D eigenvalue weighted by Gasteiger charge is 2.05. The van der Waals surface area contributed by atoms with E-state index in [1.807, 2.05) is 24.3 Å². The van der Waals surface area contributed by atoms with Crippen molar-refractivity contribution in [3.05, 3.63) is 64.2 Å². The van der Waals surface area contributed by atoms with Gasteiger partial charge in [0.25, 0.3) is 0 Å². The van der Waals surface area contributed by atoms with Crippen LogP contribution < -0.4 is 5.32 Å². The Morgan fingerprint density at radius 1 is 1.16 bits per heavy atom. The maximum Gasteiger partial charge on any atom is 0.103 e. The van der Waals surface area contributed by atoms with Crippen LogP contribution in [0.15, 0.2) is 42.5 Å². The van der Waals surface area contributed by atoms with E-state index in [9.17, 15) is 0 Å². The van der Waals surface area contributed by atoms with E-state index in [1.165, 1.54) is 11.1 Å². The second kappa shape index (κ2) is 6.26. The van der Waals surface area contributed by atoms with Crippen molar-refractivity contribution < 1.29 is 0 Å². The van der Waals surface area contributed by atoms with Crippen molar-refractivity contribution in [2.75, 3.05) is 11.9 Å². The molecule has 0 fully saturated rings. The molecule has 96 valence electrons. The fourth-order valence-corrected chi connectivity index (χ4v) is 2.22. The SMILES string of the molecule is Cc1ccccc1CCNc1cccc(Cl)c1C#N. The van der Waals surface area contributed by atoms with Crippen molar-refractivity contribution in [1.82, 2.24) is 0 Å². The van der Waals surface area contributed by atoms with Crippen LogP contribution in [-0.4, -0.2) is 6.54 Å². The number of halogens is 1. The van der Waals surface area contributed by atoms with E-state index < -0.39 is 0 Å². The third-order valence-corrected chi connectivity index (χ3v) is 3.41. The maximum atomic E-state index is 9.09. The summed E-state index contributed by atoms with van der Waals surface area (Å²) >= 11 is 5.99. The Morgan fingerprint density at radius 3 is 2.68 bits per heavy atom. The van der Waals surface area contributed by atoms with Crippen molar-refractivity contribution in [2.24, 2.45) is 0 Å². The van der Waals surface area contributed by atoms with Gasteiger partial charge in [0, 0.05) is 6.54 Å². The first-order valence-electron chi connectivity index (χ1n) is 6.19. The number of benzene rings is 2. The van der Waals surface area contributed by atoms with Crippen LogP contribution in [0.5, 0.6) is 0 Å². The van der Waals surface area contributed by atoms with Gasteiger partial charge in [-0.15, -0.1) is 0 Å². The number of nitrogens with zero attached hydrogens (tertiary/aromatic N) is 1. The van der Waals surface area contributed by atoms with Gasteiger partial charge in [-0.25, -0.2) is 0 Å². The molecule has 0 aromatic heterocycles. The second-order valence-corrected chi connectivity index (χ2v) is 4.78. The fourth-order valence-electron chi connectivity index (χ4n) is 2.01. The second-order valence-electron chi connectivity index (χ2n) is 4.38. The monoisotopic (exact) mass is 270 g/mol. The molecule has 0 aliphatic carbocycles. The number of nitrogens with one attached hydrogen (secondary N) is 1. The lowest BCUT2D eigenvalue weighted by atomic mass is 10.1. The van der Waals surface area contributed by atoms with Crippen molar-refractivity contribution in [1.29, 1.82) is 5.26 Å². The van der Waals surface area contributed by atoms with E-state index in [-0.39, 0.29) is 0 Å². The molecule has 0 spiro atoms. The zero-order valence-electron chi connectivity index (χ0n) is 10.8. The number of anilines is 1. The zero-order chi connectivity index (χ0) is 13.7. The largest absolute Gasteiger partial charge is 0.384 e. The molecule has 0 atom stereocenters. The summed E-state index contributed by atoms with van der Waals surface area (Å²) in [6.07, 6.45) is 0.921. The first kappa shape index (κ1) is 13.5. The van der Waals surface area contributed by atoms with Gasteiger partial charge in [-0.05, 0) is 36.6 Å². The van der Waals surface area contributed by atoms with E-state index in [0.717, 1.165) is 18.7 Å². The van der Waals surface area contributed by atoms with Crippen LogP contribution in [0.3, 0.4) is 0 Å². The van der Waals surface area contributed by atoms with E-state index in [4.69, 9.17) is 16.9 Å². The van der Waals surface area contributed by atoms with Crippen molar-refractivity contribution in [3.8, 4) is 6.07 Å². The molecule has 2 nitrogen and oxygen atoms in total. The lowest BCUT2D eigenvalue weighted by Gasteiger charge is -2.10. The third-order valence-electron chi connectivity index (χ3n) is 3.10. The number of hydrogen-bond donors (Lipinski definition) is 1. The zero-order valence-corrected chi connectivity index (χ0v) is 11.5. The summed E-state index contributed by atoms with van der Waals surface area (Å²) < 4.78 is 0. The van der Waals surface area contributed by atoms with Crippen LogP contribution in [0.25, 0.3) is 0 Å². The molecule has 0 bridgehead atoms. The summed E-state index contributed by atoms with van der Waals surface area (Å²) in [7, 11) is 0. The Morgan fingerprint density at radius 2 is 1.95 bits per heavy atom. The highest BCUT2D eigenvalue weighted by molar-refractivity contribution is 6.32. The van der Waals surface area contributed by atoms with Crippen LogP contribution >= 0.6 is 11.6 Å². The molecule has 19 heavy (non-hydrogen) atoms. The lowest BCUT2D eigenvalue weighted by molar-refractivity contribution is 1.00. The van der Waals surface area contributed by atoms with Crippen LogP contribution in [0, 0.1) is 18.3 Å². The summed E-state index contributed by atoms with van der Waals surface area (Å²) in [4.78, 5) is 0. The number of rotatable bonds is 4. The Bertz CT molecular complexity index is 614. The van der Waals surface area contributed by atoms with Gasteiger partial charge in [0.1, 0.15) is 6.07 Å². The normalized spacial score (nSPS) is 9.95. The van der Waals surface area contributed by atoms with E-state index in [1.54, 1.807) is 6.07 Å². The smallest absolute Gasteiger partial charge is 0.103 e. The third kappa shape index (κ3) is 3.27. The van der Waals surface area contributed by atoms with Crippen molar-refractivity contribution >= 4 is 17.3 Å². The average Bonchev–Trinajstić information content (AvgIpc) is 2.41. The summed E-state index contributed by atoms with van der Waals surface area (Å²) in [5.41, 5.74) is 3.91. The minimum absolute atomic E-state index is 0.489. The van der Waals surface area contributed by atoms with Gasteiger partial charge in [0.15, 0.2) is 0 Å². The molecular formula is C16H15ClN2. The van der Waals surface area contributed by atoms with Crippen LogP contribution in [-0.2, 0) is 6.42 Å². The first-order chi connectivity index (χ1) is 9.22. The van der Waals surface area contributed by atoms with Gasteiger partial charge in [-0.1, -0.05) is 41.9 Å². The van der Waals surface area contributed by atoms with Crippen LogP contribution in [0.1, 0.15) is 16.7 Å². The maximum absolute atomic E-state index is 9.09. The first-order valence-corrected chi connectivity index (χ1v) is 6.57. The molecule has 0 heterocycles. The standard InChI is InChI=1S/C16H15ClN2/c1-12-5-2-3-6-13(12)9-10-19-16-8-4-7-15(17)14(16)11-18/h2-8,19H,9-10H2,1H3. The minimum atomic E-state index is 0.489. The Balaban J connectivity index is 2.03. The lowest BCUT2D eigenvalue weighted by Crippen LogP contribution is -2.07. The van der Waals surface area contributed by atoms with Crippen molar-refractivity contribution in [2.45, 2.75) is 13.3 Å². The summed E-state index contributed by atoms with van der Waals surface area (Å²) in [5, 5.41) is 12.8. The molecule has 0 aliphatic heterocycles. The molecule has 0 amide bonds. The highest BCUT2D eigenvalue weighted by atomic mass is 35.5. The van der Waals surface area contributed by atoms with Gasteiger partial charge in [0.2, 0.25) is 0 Å². The molecule has 0 radical (unpaired) electrons. The Labute approximate surface area is 118 Å². The molecule has 2 rings (SSSR count). The molecule has 0 saturated heterocycles. The topological polar surface area (TPSA) is 35.8 Å². The minimum Gasteiger partial charge on any atom is -0.384 e. The Kier molecular flexibility index (Phi) is 4.43. The van der Waals surface area contributed by atoms with Crippen LogP contribution in [0.2, 0.25) is 5.02 Å². The molecule has 1 N–H and O–H groups in total. The quantitative estimate of drug-likeness (QED) is 0.905. The molecule has 2 aromatic rings. The predicted molar refractivity (Wildman–Crippen MR) is 79.5 cm³/mol. The molecule has 0 saturated carbocycles. The summed E-state index contributed by atoms with van der Waals surface area (Å²) in [5.74, 6) is 0. The molecule has 0 unspecified atom stereocenters. The van der Waals surface area contributed by atoms with Gasteiger partial charge in [0.05, 0.1) is 16.3 Å². The van der Waals surface area contributed by atoms with Gasteiger partial charge in [-0.3, -0.25) is 0 Å². The van der Waals surface area contributed by atoms with Crippen LogP contribution in [0.4, 0.5) is 5.69 Å². The molecule has 0 aliphatic rings. The fraction of sp³-hybridized carbons (Fsp3) is 0.188. The molecular weight excluding hydrogens is 256 g/mol. The highest BCUT2D eigenvalue weighted by Crippen LogP contribution is 2.23.